The average molecular weight is 461 g/mol. The average Bonchev–Trinajstić information content (AvgIpc) is 3.25. The first-order chi connectivity index (χ1) is 13.9. The van der Waals surface area contributed by atoms with Crippen LogP contribution in [-0.4, -0.2) is 25.0 Å². The van der Waals surface area contributed by atoms with E-state index in [0.717, 1.165) is 33.2 Å². The van der Waals surface area contributed by atoms with E-state index in [-0.39, 0.29) is 0 Å². The molecular formula is C21H18Cl2N4S2. The Balaban J connectivity index is 1.78. The van der Waals surface area contributed by atoms with Gasteiger partial charge in [-0.15, -0.1) is 11.8 Å². The van der Waals surface area contributed by atoms with Crippen LogP contribution < -0.4 is 0 Å². The lowest BCUT2D eigenvalue weighted by atomic mass is 10.1. The van der Waals surface area contributed by atoms with Crippen molar-refractivity contribution >= 4 is 46.3 Å². The van der Waals surface area contributed by atoms with E-state index in [1.54, 1.807) is 41.6 Å². The SMILES string of the molecule is Cc1nn(-c2nc(-c3ccncc3)c(SC(C)C)s2)cc1-c1cc(Cl)cc(Cl)c1. The molecule has 3 heterocycles. The summed E-state index contributed by atoms with van der Waals surface area (Å²) in [7, 11) is 0. The fraction of sp³-hybridized carbons (Fsp3) is 0.190. The molecule has 3 aromatic heterocycles. The predicted octanol–water partition coefficient (Wildman–Crippen LogP) is 7.17. The Morgan fingerprint density at radius 2 is 1.72 bits per heavy atom. The van der Waals surface area contributed by atoms with E-state index in [2.05, 4.69) is 18.8 Å². The second-order valence-electron chi connectivity index (χ2n) is 6.77. The molecule has 0 amide bonds. The lowest BCUT2D eigenvalue weighted by Crippen LogP contribution is -1.94. The van der Waals surface area contributed by atoms with Crippen LogP contribution in [0.2, 0.25) is 10.0 Å². The smallest absolute Gasteiger partial charge is 0.211 e. The molecular weight excluding hydrogens is 443 g/mol. The zero-order valence-electron chi connectivity index (χ0n) is 16.1. The van der Waals surface area contributed by atoms with Crippen molar-refractivity contribution < 1.29 is 0 Å². The molecule has 0 aliphatic heterocycles. The van der Waals surface area contributed by atoms with Gasteiger partial charge < -0.3 is 0 Å². The Morgan fingerprint density at radius 3 is 2.38 bits per heavy atom. The zero-order valence-corrected chi connectivity index (χ0v) is 19.2. The summed E-state index contributed by atoms with van der Waals surface area (Å²) in [6.07, 6.45) is 5.56. The normalized spacial score (nSPS) is 11.4. The van der Waals surface area contributed by atoms with Gasteiger partial charge >= 0.3 is 0 Å². The van der Waals surface area contributed by atoms with Gasteiger partial charge in [-0.3, -0.25) is 4.98 Å². The molecule has 148 valence electrons. The zero-order chi connectivity index (χ0) is 20.5. The number of aryl methyl sites for hydroxylation is 1. The van der Waals surface area contributed by atoms with E-state index < -0.39 is 0 Å². The Morgan fingerprint density at radius 1 is 1.03 bits per heavy atom. The van der Waals surface area contributed by atoms with E-state index >= 15 is 0 Å². The van der Waals surface area contributed by atoms with E-state index in [9.17, 15) is 0 Å². The molecule has 4 aromatic rings. The highest BCUT2D eigenvalue weighted by molar-refractivity contribution is 8.01. The first kappa shape index (κ1) is 20.4. The molecule has 1 aromatic carbocycles. The van der Waals surface area contributed by atoms with Crippen molar-refractivity contribution in [2.45, 2.75) is 30.2 Å². The number of nitrogens with zero attached hydrogens (tertiary/aromatic N) is 4. The van der Waals surface area contributed by atoms with Gasteiger partial charge in [0.15, 0.2) is 0 Å². The van der Waals surface area contributed by atoms with Crippen LogP contribution in [-0.2, 0) is 0 Å². The molecule has 0 fully saturated rings. The van der Waals surface area contributed by atoms with Crippen molar-refractivity contribution in [1.29, 1.82) is 0 Å². The molecule has 0 N–H and O–H groups in total. The monoisotopic (exact) mass is 460 g/mol. The fourth-order valence-corrected chi connectivity index (χ4v) is 5.90. The van der Waals surface area contributed by atoms with Gasteiger partial charge in [0.25, 0.3) is 0 Å². The number of hydrogen-bond acceptors (Lipinski definition) is 5. The molecule has 0 saturated carbocycles. The van der Waals surface area contributed by atoms with Crippen molar-refractivity contribution in [2.24, 2.45) is 0 Å². The number of hydrogen-bond donors (Lipinski definition) is 0. The predicted molar refractivity (Wildman–Crippen MR) is 124 cm³/mol. The van der Waals surface area contributed by atoms with Gasteiger partial charge in [-0.05, 0) is 42.8 Å². The van der Waals surface area contributed by atoms with Crippen molar-refractivity contribution in [3.63, 3.8) is 0 Å². The molecule has 0 spiro atoms. The first-order valence-electron chi connectivity index (χ1n) is 9.01. The number of rotatable bonds is 5. The highest BCUT2D eigenvalue weighted by Crippen LogP contribution is 2.40. The molecule has 0 atom stereocenters. The van der Waals surface area contributed by atoms with Gasteiger partial charge in [0, 0.05) is 45.0 Å². The minimum Gasteiger partial charge on any atom is -0.265 e. The second-order valence-corrected chi connectivity index (χ2v) is 10.5. The highest BCUT2D eigenvalue weighted by atomic mass is 35.5. The Kier molecular flexibility index (Phi) is 5.97. The highest BCUT2D eigenvalue weighted by Gasteiger charge is 2.18. The lowest BCUT2D eigenvalue weighted by Gasteiger charge is -2.04. The largest absolute Gasteiger partial charge is 0.265 e. The van der Waals surface area contributed by atoms with E-state index in [0.29, 0.717) is 15.3 Å². The number of thioether (sulfide) groups is 1. The summed E-state index contributed by atoms with van der Waals surface area (Å²) in [6, 6.07) is 9.48. The molecule has 0 bridgehead atoms. The van der Waals surface area contributed by atoms with Gasteiger partial charge in [0.05, 0.1) is 15.6 Å². The van der Waals surface area contributed by atoms with E-state index in [1.807, 2.05) is 42.1 Å². The molecule has 0 unspecified atom stereocenters. The number of benzene rings is 1. The molecule has 8 heteroatoms. The van der Waals surface area contributed by atoms with Gasteiger partial charge in [-0.2, -0.15) is 5.10 Å². The maximum Gasteiger partial charge on any atom is 0.211 e. The van der Waals surface area contributed by atoms with Gasteiger partial charge in [0.1, 0.15) is 0 Å². The van der Waals surface area contributed by atoms with Gasteiger partial charge in [-0.25, -0.2) is 9.67 Å². The van der Waals surface area contributed by atoms with Crippen molar-refractivity contribution in [1.82, 2.24) is 19.7 Å². The quantitative estimate of drug-likeness (QED) is 0.296. The minimum absolute atomic E-state index is 0.451. The third-order valence-electron chi connectivity index (χ3n) is 4.15. The van der Waals surface area contributed by atoms with Crippen molar-refractivity contribution in [2.75, 3.05) is 0 Å². The van der Waals surface area contributed by atoms with Crippen LogP contribution in [0.15, 0.2) is 53.1 Å². The van der Waals surface area contributed by atoms with Crippen LogP contribution in [0.1, 0.15) is 19.5 Å². The van der Waals surface area contributed by atoms with Crippen molar-refractivity contribution in [3.8, 4) is 27.5 Å². The molecule has 0 aliphatic carbocycles. The van der Waals surface area contributed by atoms with E-state index in [4.69, 9.17) is 33.3 Å². The summed E-state index contributed by atoms with van der Waals surface area (Å²) in [6.45, 7) is 6.33. The lowest BCUT2D eigenvalue weighted by molar-refractivity contribution is 0.853. The fourth-order valence-electron chi connectivity index (χ4n) is 2.93. The first-order valence-corrected chi connectivity index (χ1v) is 11.5. The molecule has 0 saturated heterocycles. The Bertz CT molecular complexity index is 1130. The van der Waals surface area contributed by atoms with Crippen LogP contribution in [0.5, 0.6) is 0 Å². The van der Waals surface area contributed by atoms with Crippen LogP contribution in [0.3, 0.4) is 0 Å². The maximum absolute atomic E-state index is 6.19. The summed E-state index contributed by atoms with van der Waals surface area (Å²) in [4.78, 5) is 9.02. The van der Waals surface area contributed by atoms with Crippen molar-refractivity contribution in [3.05, 3.63) is 64.7 Å². The van der Waals surface area contributed by atoms with Gasteiger partial charge in [0.2, 0.25) is 5.13 Å². The van der Waals surface area contributed by atoms with Crippen LogP contribution in [0, 0.1) is 6.92 Å². The molecule has 4 rings (SSSR count). The molecule has 0 radical (unpaired) electrons. The Hall–Kier alpha value is -1.86. The van der Waals surface area contributed by atoms with E-state index in [1.165, 1.54) is 4.21 Å². The topological polar surface area (TPSA) is 43.6 Å². The summed E-state index contributed by atoms with van der Waals surface area (Å²) < 4.78 is 3.00. The summed E-state index contributed by atoms with van der Waals surface area (Å²) in [5.41, 5.74) is 4.83. The molecule has 0 aliphatic rings. The van der Waals surface area contributed by atoms with Crippen LogP contribution >= 0.6 is 46.3 Å². The Labute approximate surface area is 187 Å². The summed E-state index contributed by atoms with van der Waals surface area (Å²) >= 11 is 15.8. The number of aromatic nitrogens is 4. The third kappa shape index (κ3) is 4.51. The maximum atomic E-state index is 6.19. The number of thiazole rings is 1. The second kappa shape index (κ2) is 8.48. The van der Waals surface area contributed by atoms with Gasteiger partial charge in [-0.1, -0.05) is 48.4 Å². The van der Waals surface area contributed by atoms with Crippen LogP contribution in [0.25, 0.3) is 27.5 Å². The number of pyridine rings is 1. The molecule has 4 nitrogen and oxygen atoms in total. The number of halogens is 2. The minimum atomic E-state index is 0.451. The third-order valence-corrected chi connectivity index (χ3v) is 6.84. The molecule has 29 heavy (non-hydrogen) atoms. The summed E-state index contributed by atoms with van der Waals surface area (Å²) in [5, 5.41) is 7.18. The standard InChI is InChI=1S/C21H18Cl2N4S2/c1-12(2)28-20-19(14-4-6-24-7-5-14)25-21(29-20)27-11-18(13(3)26-27)15-8-16(22)10-17(23)9-15/h4-12H,1-3H3. The summed E-state index contributed by atoms with van der Waals surface area (Å²) in [5.74, 6) is 0. The van der Waals surface area contributed by atoms with Crippen LogP contribution in [0.4, 0.5) is 0 Å².